The number of piperidine rings is 1. The highest BCUT2D eigenvalue weighted by molar-refractivity contribution is 9.10. The molecular weight excluding hydrogens is 483 g/mol. The molecule has 1 aliphatic rings. The van der Waals surface area contributed by atoms with E-state index in [0.29, 0.717) is 0 Å². The fourth-order valence-corrected chi connectivity index (χ4v) is 4.68. The van der Waals surface area contributed by atoms with E-state index in [1.807, 2.05) is 30.3 Å². The Bertz CT molecular complexity index is 1230. The Morgan fingerprint density at radius 1 is 1.06 bits per heavy atom. The number of likely N-dealkylation sites (tertiary alicyclic amines) is 1. The summed E-state index contributed by atoms with van der Waals surface area (Å²) in [5, 5.41) is 3.61. The molecule has 1 N–H and O–H groups in total. The average Bonchev–Trinajstić information content (AvgIpc) is 3.20. The summed E-state index contributed by atoms with van der Waals surface area (Å²) >= 11 is 3.56. The Morgan fingerprint density at radius 2 is 1.85 bits per heavy atom. The Hall–Kier alpha value is -3.10. The van der Waals surface area contributed by atoms with Crippen LogP contribution in [0.15, 0.2) is 71.6 Å². The molecule has 6 nitrogen and oxygen atoms in total. The van der Waals surface area contributed by atoms with E-state index < -0.39 is 0 Å². The molecule has 0 amide bonds. The van der Waals surface area contributed by atoms with E-state index >= 15 is 0 Å². The maximum absolute atomic E-state index is 13.7. The van der Waals surface area contributed by atoms with Crippen LogP contribution in [0.25, 0.3) is 22.8 Å². The van der Waals surface area contributed by atoms with Crippen molar-refractivity contribution in [3.63, 3.8) is 0 Å². The zero-order chi connectivity index (χ0) is 22.8. The van der Waals surface area contributed by atoms with Gasteiger partial charge in [-0.1, -0.05) is 22.0 Å². The van der Waals surface area contributed by atoms with Crippen molar-refractivity contribution >= 4 is 27.4 Å². The van der Waals surface area contributed by atoms with Gasteiger partial charge in [0.15, 0.2) is 5.82 Å². The highest BCUT2D eigenvalue weighted by Gasteiger charge is 2.28. The van der Waals surface area contributed by atoms with Crippen molar-refractivity contribution in [2.75, 3.05) is 25.5 Å². The van der Waals surface area contributed by atoms with Crippen LogP contribution >= 0.6 is 15.9 Å². The predicted octanol–water partition coefficient (Wildman–Crippen LogP) is 5.92. The lowest BCUT2D eigenvalue weighted by Crippen LogP contribution is -2.32. The smallest absolute Gasteiger partial charge is 0.161 e. The second-order valence-corrected chi connectivity index (χ2v) is 9.19. The molecule has 0 bridgehead atoms. The van der Waals surface area contributed by atoms with Gasteiger partial charge in [-0.25, -0.2) is 19.3 Å². The van der Waals surface area contributed by atoms with Gasteiger partial charge in [0.05, 0.1) is 0 Å². The minimum atomic E-state index is -0.272. The van der Waals surface area contributed by atoms with Crippen molar-refractivity contribution in [1.29, 1.82) is 0 Å². The molecule has 0 saturated carbocycles. The molecule has 168 valence electrons. The first kappa shape index (κ1) is 21.7. The number of aromatic nitrogens is 4. The van der Waals surface area contributed by atoms with Crippen LogP contribution in [0.2, 0.25) is 0 Å². The van der Waals surface area contributed by atoms with Crippen molar-refractivity contribution in [3.05, 3.63) is 77.4 Å². The van der Waals surface area contributed by atoms with E-state index in [4.69, 9.17) is 4.98 Å². The fraction of sp³-hybridized carbons (Fsp3) is 0.240. The number of benzene rings is 2. The molecule has 8 heteroatoms. The quantitative estimate of drug-likeness (QED) is 0.364. The minimum absolute atomic E-state index is 0.252. The molecule has 4 aromatic rings. The van der Waals surface area contributed by atoms with Crippen molar-refractivity contribution in [2.24, 2.45) is 0 Å². The highest BCUT2D eigenvalue weighted by Crippen LogP contribution is 2.39. The second-order valence-electron chi connectivity index (χ2n) is 8.27. The van der Waals surface area contributed by atoms with Crippen LogP contribution in [0.5, 0.6) is 0 Å². The number of nitrogens with zero attached hydrogens (tertiary/aromatic N) is 5. The largest absolute Gasteiger partial charge is 0.340 e. The van der Waals surface area contributed by atoms with Crippen LogP contribution in [0, 0.1) is 5.82 Å². The highest BCUT2D eigenvalue weighted by atomic mass is 79.9. The van der Waals surface area contributed by atoms with Gasteiger partial charge in [0.25, 0.3) is 0 Å². The lowest BCUT2D eigenvalue weighted by atomic mass is 10.0. The maximum atomic E-state index is 13.7. The van der Waals surface area contributed by atoms with E-state index in [0.717, 1.165) is 64.7 Å². The molecule has 33 heavy (non-hydrogen) atoms. The van der Waals surface area contributed by atoms with Crippen LogP contribution in [0.4, 0.5) is 15.9 Å². The number of imidazole rings is 1. The van der Waals surface area contributed by atoms with Gasteiger partial charge in [-0.15, -0.1) is 0 Å². The zero-order valence-electron chi connectivity index (χ0n) is 18.2. The molecule has 3 heterocycles. The lowest BCUT2D eigenvalue weighted by Gasteiger charge is -2.32. The average molecular weight is 507 g/mol. The van der Waals surface area contributed by atoms with Crippen LogP contribution in [0.1, 0.15) is 18.9 Å². The first-order chi connectivity index (χ1) is 16.1. The summed E-state index contributed by atoms with van der Waals surface area (Å²) in [6, 6.07) is 16.7. The van der Waals surface area contributed by atoms with Gasteiger partial charge in [0.1, 0.15) is 29.4 Å². The summed E-state index contributed by atoms with van der Waals surface area (Å²) < 4.78 is 17.0. The number of hydrogen-bond acceptors (Lipinski definition) is 5. The third-order valence-corrected chi connectivity index (χ3v) is 6.47. The molecule has 1 fully saturated rings. The predicted molar refractivity (Wildman–Crippen MR) is 132 cm³/mol. The Balaban J connectivity index is 1.71. The van der Waals surface area contributed by atoms with E-state index in [1.54, 1.807) is 24.7 Å². The first-order valence-corrected chi connectivity index (χ1v) is 11.7. The number of nitrogens with one attached hydrogen (secondary N) is 1. The standard InChI is InChI=1S/C25H24BrFN6/c1-32-13-10-21(11-14-32)33-24(22-9-12-28-16-29-22)31-23(17-5-7-19(27)8-6-17)25(33)30-20-4-2-3-18(26)15-20/h2-9,12,15-16,21,30H,10-11,13-14H2,1H3. The number of rotatable bonds is 5. The van der Waals surface area contributed by atoms with Crippen LogP contribution in [0.3, 0.4) is 0 Å². The maximum Gasteiger partial charge on any atom is 0.161 e. The third kappa shape index (κ3) is 4.67. The Morgan fingerprint density at radius 3 is 2.55 bits per heavy atom. The molecule has 1 aliphatic heterocycles. The topological polar surface area (TPSA) is 58.9 Å². The molecule has 0 unspecified atom stereocenters. The SMILES string of the molecule is CN1CCC(n2c(-c3ccncn3)nc(-c3ccc(F)cc3)c2Nc2cccc(Br)c2)CC1. The second kappa shape index (κ2) is 9.41. The van der Waals surface area contributed by atoms with Gasteiger partial charge >= 0.3 is 0 Å². The van der Waals surface area contributed by atoms with Crippen LogP contribution < -0.4 is 5.32 Å². The molecule has 0 spiro atoms. The summed E-state index contributed by atoms with van der Waals surface area (Å²) in [4.78, 5) is 16.0. The van der Waals surface area contributed by atoms with Gasteiger partial charge in [0.2, 0.25) is 0 Å². The summed E-state index contributed by atoms with van der Waals surface area (Å²) in [7, 11) is 2.15. The number of halogens is 2. The fourth-order valence-electron chi connectivity index (χ4n) is 4.28. The lowest BCUT2D eigenvalue weighted by molar-refractivity contribution is 0.223. The monoisotopic (exact) mass is 506 g/mol. The van der Waals surface area contributed by atoms with Gasteiger partial charge in [-0.05, 0) is 81.5 Å². The molecular formula is C25H24BrFN6. The van der Waals surface area contributed by atoms with Gasteiger partial charge in [-0.3, -0.25) is 0 Å². The van der Waals surface area contributed by atoms with Crippen molar-refractivity contribution in [2.45, 2.75) is 18.9 Å². The Kier molecular flexibility index (Phi) is 6.20. The summed E-state index contributed by atoms with van der Waals surface area (Å²) in [5.74, 6) is 1.39. The van der Waals surface area contributed by atoms with E-state index in [-0.39, 0.29) is 11.9 Å². The van der Waals surface area contributed by atoms with E-state index in [1.165, 1.54) is 12.1 Å². The summed E-state index contributed by atoms with van der Waals surface area (Å²) in [5.41, 5.74) is 3.31. The first-order valence-electron chi connectivity index (χ1n) is 10.9. The minimum Gasteiger partial charge on any atom is -0.340 e. The zero-order valence-corrected chi connectivity index (χ0v) is 19.8. The van der Waals surface area contributed by atoms with Gasteiger partial charge in [0, 0.05) is 28.0 Å². The molecule has 5 rings (SSSR count). The molecule has 1 saturated heterocycles. The Labute approximate surface area is 200 Å². The summed E-state index contributed by atoms with van der Waals surface area (Å²) in [6.07, 6.45) is 5.28. The molecule has 2 aromatic heterocycles. The third-order valence-electron chi connectivity index (χ3n) is 5.98. The normalized spacial score (nSPS) is 15.0. The van der Waals surface area contributed by atoms with Crippen LogP contribution in [-0.2, 0) is 0 Å². The molecule has 0 atom stereocenters. The molecule has 0 aliphatic carbocycles. The van der Waals surface area contributed by atoms with Gasteiger partial charge < -0.3 is 14.8 Å². The number of anilines is 2. The van der Waals surface area contributed by atoms with E-state index in [2.05, 4.69) is 47.7 Å². The van der Waals surface area contributed by atoms with Crippen molar-refractivity contribution in [3.8, 4) is 22.8 Å². The summed E-state index contributed by atoms with van der Waals surface area (Å²) in [6.45, 7) is 2.02. The van der Waals surface area contributed by atoms with Gasteiger partial charge in [-0.2, -0.15) is 0 Å². The van der Waals surface area contributed by atoms with Crippen LogP contribution in [-0.4, -0.2) is 44.6 Å². The van der Waals surface area contributed by atoms with E-state index in [9.17, 15) is 4.39 Å². The molecule has 0 radical (unpaired) electrons. The van der Waals surface area contributed by atoms with Crippen molar-refractivity contribution in [1.82, 2.24) is 24.4 Å². The number of hydrogen-bond donors (Lipinski definition) is 1. The van der Waals surface area contributed by atoms with Crippen molar-refractivity contribution < 1.29 is 4.39 Å². The molecule has 2 aromatic carbocycles.